The lowest BCUT2D eigenvalue weighted by molar-refractivity contribution is 0.0984. The number of ether oxygens (including phenoxy) is 1. The topological polar surface area (TPSA) is 26.3 Å². The smallest absolute Gasteiger partial charge is 0.187 e. The summed E-state index contributed by atoms with van der Waals surface area (Å²) < 4.78 is 18.2. The molecular weight excluding hydrogens is 207 g/mol. The molecule has 0 aliphatic rings. The quantitative estimate of drug-likeness (QED) is 0.574. The van der Waals surface area contributed by atoms with Crippen molar-refractivity contribution in [2.45, 2.75) is 12.3 Å². The molecule has 0 saturated carbocycles. The molecule has 0 aliphatic carbocycles. The van der Waals surface area contributed by atoms with Gasteiger partial charge in [0.1, 0.15) is 11.6 Å². The van der Waals surface area contributed by atoms with Crippen LogP contribution in [0.3, 0.4) is 0 Å². The van der Waals surface area contributed by atoms with Gasteiger partial charge in [0.05, 0.1) is 18.1 Å². The Hall–Kier alpha value is -1.09. The molecule has 1 unspecified atom stereocenters. The van der Waals surface area contributed by atoms with E-state index in [0.717, 1.165) is 0 Å². The Morgan fingerprint density at radius 1 is 1.57 bits per heavy atom. The minimum atomic E-state index is -0.763. The fourth-order valence-electron chi connectivity index (χ4n) is 1.11. The van der Waals surface area contributed by atoms with Crippen LogP contribution < -0.4 is 4.74 Å². The predicted molar refractivity (Wildman–Crippen MR) is 52.6 cm³/mol. The number of carbonyl (C=O) groups is 1. The van der Waals surface area contributed by atoms with E-state index in [0.29, 0.717) is 0 Å². The van der Waals surface area contributed by atoms with Crippen LogP contribution in [0.25, 0.3) is 0 Å². The SMILES string of the molecule is COc1cccc(F)c1C(=O)C(C)Cl. The third-order valence-corrected chi connectivity index (χ3v) is 2.00. The molecule has 2 nitrogen and oxygen atoms in total. The lowest BCUT2D eigenvalue weighted by Crippen LogP contribution is -2.13. The Balaban J connectivity index is 3.23. The first-order valence-electron chi connectivity index (χ1n) is 4.08. The summed E-state index contributed by atoms with van der Waals surface area (Å²) in [6.45, 7) is 1.50. The zero-order valence-corrected chi connectivity index (χ0v) is 8.64. The van der Waals surface area contributed by atoms with Gasteiger partial charge in [0.15, 0.2) is 5.78 Å². The van der Waals surface area contributed by atoms with Gasteiger partial charge in [-0.3, -0.25) is 4.79 Å². The maximum absolute atomic E-state index is 13.3. The van der Waals surface area contributed by atoms with Crippen LogP contribution in [0.2, 0.25) is 0 Å². The van der Waals surface area contributed by atoms with Gasteiger partial charge in [-0.05, 0) is 19.1 Å². The van der Waals surface area contributed by atoms with E-state index in [4.69, 9.17) is 16.3 Å². The van der Waals surface area contributed by atoms with E-state index < -0.39 is 17.0 Å². The Labute approximate surface area is 86.6 Å². The molecule has 0 spiro atoms. The van der Waals surface area contributed by atoms with Crippen LogP contribution in [0.15, 0.2) is 18.2 Å². The van der Waals surface area contributed by atoms with Crippen molar-refractivity contribution in [3.63, 3.8) is 0 Å². The lowest BCUT2D eigenvalue weighted by atomic mass is 10.1. The van der Waals surface area contributed by atoms with Crippen LogP contribution in [0, 0.1) is 5.82 Å². The standard InChI is InChI=1S/C10H10ClFO2/c1-6(11)10(13)9-7(12)4-3-5-8(9)14-2/h3-6H,1-2H3. The second-order valence-electron chi connectivity index (χ2n) is 2.80. The number of halogens is 2. The molecule has 0 aliphatic heterocycles. The molecule has 1 aromatic carbocycles. The molecule has 1 aromatic rings. The molecule has 0 N–H and O–H groups in total. The van der Waals surface area contributed by atoms with Crippen LogP contribution >= 0.6 is 11.6 Å². The van der Waals surface area contributed by atoms with Gasteiger partial charge in [-0.2, -0.15) is 0 Å². The van der Waals surface area contributed by atoms with Crippen LogP contribution in [-0.2, 0) is 0 Å². The molecule has 0 saturated heterocycles. The molecule has 0 bridgehead atoms. The second kappa shape index (κ2) is 4.42. The van der Waals surface area contributed by atoms with E-state index in [1.165, 1.54) is 32.2 Å². The highest BCUT2D eigenvalue weighted by molar-refractivity contribution is 6.34. The molecule has 0 fully saturated rings. The summed E-state index contributed by atoms with van der Waals surface area (Å²) in [5, 5.41) is -0.763. The minimum Gasteiger partial charge on any atom is -0.496 e. The van der Waals surface area contributed by atoms with Crippen molar-refractivity contribution in [1.29, 1.82) is 0 Å². The van der Waals surface area contributed by atoms with Gasteiger partial charge in [0.2, 0.25) is 0 Å². The molecular formula is C10H10ClFO2. The number of carbonyl (C=O) groups excluding carboxylic acids is 1. The van der Waals surface area contributed by atoms with Gasteiger partial charge in [-0.1, -0.05) is 6.07 Å². The molecule has 0 aromatic heterocycles. The second-order valence-corrected chi connectivity index (χ2v) is 3.45. The van der Waals surface area contributed by atoms with Gasteiger partial charge in [-0.15, -0.1) is 11.6 Å². The summed E-state index contributed by atoms with van der Waals surface area (Å²) in [4.78, 5) is 11.5. The monoisotopic (exact) mass is 216 g/mol. The highest BCUT2D eigenvalue weighted by atomic mass is 35.5. The number of methoxy groups -OCH3 is 1. The zero-order chi connectivity index (χ0) is 10.7. The van der Waals surface area contributed by atoms with E-state index in [2.05, 4.69) is 0 Å². The van der Waals surface area contributed by atoms with E-state index >= 15 is 0 Å². The number of hydrogen-bond acceptors (Lipinski definition) is 2. The van der Waals surface area contributed by atoms with Gasteiger partial charge >= 0.3 is 0 Å². The van der Waals surface area contributed by atoms with Crippen molar-refractivity contribution in [1.82, 2.24) is 0 Å². The Kier molecular flexibility index (Phi) is 3.47. The largest absolute Gasteiger partial charge is 0.496 e. The first-order chi connectivity index (χ1) is 6.57. The van der Waals surface area contributed by atoms with Crippen LogP contribution in [0.4, 0.5) is 4.39 Å². The number of Topliss-reactive ketones (excluding diaryl/α,β-unsaturated/α-hetero) is 1. The number of ketones is 1. The van der Waals surface area contributed by atoms with Crippen molar-refractivity contribution in [3.05, 3.63) is 29.6 Å². The van der Waals surface area contributed by atoms with E-state index in [-0.39, 0.29) is 11.3 Å². The third kappa shape index (κ3) is 2.04. The number of benzene rings is 1. The molecule has 1 atom stereocenters. The molecule has 0 amide bonds. The number of alkyl halides is 1. The summed E-state index contributed by atoms with van der Waals surface area (Å²) >= 11 is 5.59. The summed E-state index contributed by atoms with van der Waals surface area (Å²) in [7, 11) is 1.38. The van der Waals surface area contributed by atoms with Gasteiger partial charge < -0.3 is 4.74 Å². The Morgan fingerprint density at radius 2 is 2.21 bits per heavy atom. The highest BCUT2D eigenvalue weighted by Crippen LogP contribution is 2.23. The zero-order valence-electron chi connectivity index (χ0n) is 7.88. The van der Waals surface area contributed by atoms with Gasteiger partial charge in [0.25, 0.3) is 0 Å². The van der Waals surface area contributed by atoms with Gasteiger partial charge in [-0.25, -0.2) is 4.39 Å². The van der Waals surface area contributed by atoms with E-state index in [9.17, 15) is 9.18 Å². The van der Waals surface area contributed by atoms with Gasteiger partial charge in [0, 0.05) is 0 Å². The van der Waals surface area contributed by atoms with Crippen molar-refractivity contribution in [2.24, 2.45) is 0 Å². The fourth-order valence-corrected chi connectivity index (χ4v) is 1.22. The molecule has 76 valence electrons. The summed E-state index contributed by atoms with van der Waals surface area (Å²) in [5.74, 6) is -0.869. The van der Waals surface area contributed by atoms with Crippen molar-refractivity contribution in [2.75, 3.05) is 7.11 Å². The summed E-state index contributed by atoms with van der Waals surface area (Å²) in [5.41, 5.74) is -0.0856. The maximum atomic E-state index is 13.3. The minimum absolute atomic E-state index is 0.0856. The summed E-state index contributed by atoms with van der Waals surface area (Å²) in [6.07, 6.45) is 0. The first-order valence-corrected chi connectivity index (χ1v) is 4.52. The normalized spacial score (nSPS) is 12.3. The molecule has 4 heteroatoms. The Morgan fingerprint density at radius 3 is 2.71 bits per heavy atom. The molecule has 14 heavy (non-hydrogen) atoms. The average Bonchev–Trinajstić information content (AvgIpc) is 2.16. The highest BCUT2D eigenvalue weighted by Gasteiger charge is 2.20. The van der Waals surface area contributed by atoms with Crippen LogP contribution in [0.1, 0.15) is 17.3 Å². The van der Waals surface area contributed by atoms with Crippen molar-refractivity contribution < 1.29 is 13.9 Å². The maximum Gasteiger partial charge on any atom is 0.187 e. The Bertz CT molecular complexity index is 350. The van der Waals surface area contributed by atoms with Crippen LogP contribution in [0.5, 0.6) is 5.75 Å². The third-order valence-electron chi connectivity index (χ3n) is 1.80. The molecule has 0 heterocycles. The summed E-state index contributed by atoms with van der Waals surface area (Å²) in [6, 6.07) is 4.20. The molecule has 1 rings (SSSR count). The first kappa shape index (κ1) is 11.0. The van der Waals surface area contributed by atoms with Crippen molar-refractivity contribution in [3.8, 4) is 5.75 Å². The number of rotatable bonds is 3. The number of hydrogen-bond donors (Lipinski definition) is 0. The molecule has 0 radical (unpaired) electrons. The lowest BCUT2D eigenvalue weighted by Gasteiger charge is -2.09. The van der Waals surface area contributed by atoms with Crippen LogP contribution in [-0.4, -0.2) is 18.3 Å². The van der Waals surface area contributed by atoms with E-state index in [1.807, 2.05) is 0 Å². The predicted octanol–water partition coefficient (Wildman–Crippen LogP) is 2.64. The average molecular weight is 217 g/mol. The fraction of sp³-hybridized carbons (Fsp3) is 0.300. The van der Waals surface area contributed by atoms with Crippen molar-refractivity contribution >= 4 is 17.4 Å². The van der Waals surface area contributed by atoms with E-state index in [1.54, 1.807) is 0 Å².